The summed E-state index contributed by atoms with van der Waals surface area (Å²) in [5.74, 6) is 0.0550. The largest absolute Gasteiger partial charge is 0.352 e. The first kappa shape index (κ1) is 15.1. The Morgan fingerprint density at radius 2 is 2.00 bits per heavy atom. The highest BCUT2D eigenvalue weighted by molar-refractivity contribution is 6.44. The number of benzene rings is 1. The van der Waals surface area contributed by atoms with Gasteiger partial charge in [0.2, 0.25) is 0 Å². The van der Waals surface area contributed by atoms with Gasteiger partial charge in [0.15, 0.2) is 0 Å². The van der Waals surface area contributed by atoms with Crippen molar-refractivity contribution in [3.63, 3.8) is 0 Å². The van der Waals surface area contributed by atoms with E-state index in [1.54, 1.807) is 0 Å². The fourth-order valence-corrected chi connectivity index (χ4v) is 2.80. The topological polar surface area (TPSA) is 72.2 Å². The lowest BCUT2D eigenvalue weighted by Gasteiger charge is -2.11. The van der Waals surface area contributed by atoms with Crippen LogP contribution in [0.1, 0.15) is 36.0 Å². The van der Waals surface area contributed by atoms with Crippen LogP contribution in [0.4, 0.5) is 5.69 Å². The summed E-state index contributed by atoms with van der Waals surface area (Å²) in [5, 5.41) is 13.6. The lowest BCUT2D eigenvalue weighted by atomic mass is 10.1. The fourth-order valence-electron chi connectivity index (χ4n) is 2.39. The molecule has 0 radical (unpaired) electrons. The summed E-state index contributed by atoms with van der Waals surface area (Å²) < 4.78 is 0. The number of carbonyl (C=O) groups is 1. The molecular weight excluding hydrogens is 303 g/mol. The van der Waals surface area contributed by atoms with E-state index < -0.39 is 10.8 Å². The van der Waals surface area contributed by atoms with E-state index in [-0.39, 0.29) is 21.3 Å². The molecule has 1 aliphatic carbocycles. The minimum Gasteiger partial charge on any atom is -0.352 e. The number of nitrogens with zero attached hydrogens (tertiary/aromatic N) is 1. The normalized spacial score (nSPS) is 15.3. The van der Waals surface area contributed by atoms with Crippen molar-refractivity contribution in [1.82, 2.24) is 5.32 Å². The predicted octanol–water partition coefficient (Wildman–Crippen LogP) is 3.82. The van der Waals surface area contributed by atoms with E-state index >= 15 is 0 Å². The van der Waals surface area contributed by atoms with Crippen LogP contribution in [0.2, 0.25) is 10.0 Å². The van der Waals surface area contributed by atoms with Gasteiger partial charge in [-0.2, -0.15) is 0 Å². The molecule has 0 unspecified atom stereocenters. The quantitative estimate of drug-likeness (QED) is 0.678. The average molecular weight is 317 g/mol. The standard InChI is InChI=1S/C13H14Cl2N2O3/c14-11-6-9(17(19)20)5-10(12(11)15)13(18)16-7-8-3-1-2-4-8/h5-6,8H,1-4,7H2,(H,16,18). The highest BCUT2D eigenvalue weighted by Crippen LogP contribution is 2.31. The van der Waals surface area contributed by atoms with Gasteiger partial charge < -0.3 is 5.32 Å². The van der Waals surface area contributed by atoms with Crippen LogP contribution >= 0.6 is 23.2 Å². The van der Waals surface area contributed by atoms with Gasteiger partial charge in [-0.25, -0.2) is 0 Å². The van der Waals surface area contributed by atoms with Crippen LogP contribution in [0, 0.1) is 16.0 Å². The molecule has 1 aromatic rings. The van der Waals surface area contributed by atoms with Crippen LogP contribution in [-0.4, -0.2) is 17.4 Å². The Bertz CT molecular complexity index is 543. The molecule has 0 bridgehead atoms. The van der Waals surface area contributed by atoms with E-state index in [4.69, 9.17) is 23.2 Å². The fraction of sp³-hybridized carbons (Fsp3) is 0.462. The Hall–Kier alpha value is -1.33. The Morgan fingerprint density at radius 1 is 1.35 bits per heavy atom. The molecule has 5 nitrogen and oxygen atoms in total. The smallest absolute Gasteiger partial charge is 0.271 e. The number of rotatable bonds is 4. The third kappa shape index (κ3) is 3.41. The molecule has 0 saturated heterocycles. The SMILES string of the molecule is O=C(NCC1CCCC1)c1cc([N+](=O)[O-])cc(Cl)c1Cl. The van der Waals surface area contributed by atoms with Crippen molar-refractivity contribution in [3.05, 3.63) is 37.9 Å². The van der Waals surface area contributed by atoms with Gasteiger partial charge in [0.1, 0.15) is 0 Å². The van der Waals surface area contributed by atoms with Crippen LogP contribution in [0.5, 0.6) is 0 Å². The first-order valence-corrected chi connectivity index (χ1v) is 7.16. The highest BCUT2D eigenvalue weighted by Gasteiger charge is 2.21. The maximum Gasteiger partial charge on any atom is 0.271 e. The first-order valence-electron chi connectivity index (χ1n) is 6.40. The second-order valence-corrected chi connectivity index (χ2v) is 5.69. The average Bonchev–Trinajstić information content (AvgIpc) is 2.92. The second kappa shape index (κ2) is 6.41. The summed E-state index contributed by atoms with van der Waals surface area (Å²) in [7, 11) is 0. The van der Waals surface area contributed by atoms with E-state index in [1.165, 1.54) is 12.8 Å². The van der Waals surface area contributed by atoms with Gasteiger partial charge >= 0.3 is 0 Å². The first-order chi connectivity index (χ1) is 9.49. The number of nitro groups is 1. The zero-order chi connectivity index (χ0) is 14.7. The minimum atomic E-state index is -0.601. The Balaban J connectivity index is 2.13. The molecule has 20 heavy (non-hydrogen) atoms. The van der Waals surface area contributed by atoms with Crippen molar-refractivity contribution < 1.29 is 9.72 Å². The van der Waals surface area contributed by atoms with Crippen LogP contribution < -0.4 is 5.32 Å². The van der Waals surface area contributed by atoms with Crippen molar-refractivity contribution in [2.45, 2.75) is 25.7 Å². The van der Waals surface area contributed by atoms with E-state index in [9.17, 15) is 14.9 Å². The molecule has 1 aromatic carbocycles. The Morgan fingerprint density at radius 3 is 2.60 bits per heavy atom. The lowest BCUT2D eigenvalue weighted by molar-refractivity contribution is -0.384. The molecule has 0 aromatic heterocycles. The number of nitrogens with one attached hydrogen (secondary N) is 1. The molecule has 1 saturated carbocycles. The maximum atomic E-state index is 12.1. The third-order valence-corrected chi connectivity index (χ3v) is 4.30. The molecule has 2 rings (SSSR count). The Labute approximate surface area is 126 Å². The van der Waals surface area contributed by atoms with Crippen LogP contribution in [0.25, 0.3) is 0 Å². The monoisotopic (exact) mass is 316 g/mol. The van der Waals surface area contributed by atoms with Crippen LogP contribution in [0.3, 0.4) is 0 Å². The number of nitro benzene ring substituents is 1. The number of hydrogen-bond donors (Lipinski definition) is 1. The molecule has 1 amide bonds. The molecule has 1 N–H and O–H groups in total. The number of halogens is 2. The molecule has 0 aliphatic heterocycles. The van der Waals surface area contributed by atoms with Crippen LogP contribution in [0.15, 0.2) is 12.1 Å². The number of amides is 1. The summed E-state index contributed by atoms with van der Waals surface area (Å²) in [6.07, 6.45) is 4.57. The molecule has 0 atom stereocenters. The second-order valence-electron chi connectivity index (χ2n) is 4.91. The van der Waals surface area contributed by atoms with Crippen molar-refractivity contribution in [1.29, 1.82) is 0 Å². The summed E-state index contributed by atoms with van der Waals surface area (Å²) >= 11 is 11.8. The van der Waals surface area contributed by atoms with E-state index in [1.807, 2.05) is 0 Å². The van der Waals surface area contributed by atoms with E-state index in [0.717, 1.165) is 25.0 Å². The zero-order valence-corrected chi connectivity index (χ0v) is 12.2. The molecule has 1 fully saturated rings. The molecule has 0 spiro atoms. The zero-order valence-electron chi connectivity index (χ0n) is 10.7. The summed E-state index contributed by atoms with van der Waals surface area (Å²) in [5.41, 5.74) is -0.200. The number of hydrogen-bond acceptors (Lipinski definition) is 3. The van der Waals surface area contributed by atoms with Gasteiger partial charge in [-0.3, -0.25) is 14.9 Å². The summed E-state index contributed by atoms with van der Waals surface area (Å²) in [4.78, 5) is 22.2. The van der Waals surface area contributed by atoms with E-state index in [0.29, 0.717) is 12.5 Å². The Kier molecular flexibility index (Phi) is 4.83. The molecule has 108 valence electrons. The van der Waals surface area contributed by atoms with Crippen molar-refractivity contribution >= 4 is 34.8 Å². The highest BCUT2D eigenvalue weighted by atomic mass is 35.5. The number of carbonyl (C=O) groups excluding carboxylic acids is 1. The summed E-state index contributed by atoms with van der Waals surface area (Å²) in [6, 6.07) is 2.29. The van der Waals surface area contributed by atoms with Gasteiger partial charge in [-0.05, 0) is 18.8 Å². The molecule has 1 aliphatic rings. The molecule has 0 heterocycles. The number of non-ortho nitro benzene ring substituents is 1. The molecule has 7 heteroatoms. The van der Waals surface area contributed by atoms with Gasteiger partial charge in [0, 0.05) is 18.7 Å². The third-order valence-electron chi connectivity index (χ3n) is 3.49. The van der Waals surface area contributed by atoms with Crippen LogP contribution in [-0.2, 0) is 0 Å². The van der Waals surface area contributed by atoms with Gasteiger partial charge in [-0.1, -0.05) is 36.0 Å². The molecular formula is C13H14Cl2N2O3. The van der Waals surface area contributed by atoms with Crippen molar-refractivity contribution in [2.75, 3.05) is 6.54 Å². The van der Waals surface area contributed by atoms with Gasteiger partial charge in [-0.15, -0.1) is 0 Å². The van der Waals surface area contributed by atoms with Crippen molar-refractivity contribution in [2.24, 2.45) is 5.92 Å². The van der Waals surface area contributed by atoms with Gasteiger partial charge in [0.05, 0.1) is 20.5 Å². The van der Waals surface area contributed by atoms with Crippen molar-refractivity contribution in [3.8, 4) is 0 Å². The maximum absolute atomic E-state index is 12.1. The van der Waals surface area contributed by atoms with Gasteiger partial charge in [0.25, 0.3) is 11.6 Å². The minimum absolute atomic E-state index is 0.00637. The van der Waals surface area contributed by atoms with E-state index in [2.05, 4.69) is 5.32 Å². The lowest BCUT2D eigenvalue weighted by Crippen LogP contribution is -2.28. The predicted molar refractivity (Wildman–Crippen MR) is 77.4 cm³/mol. The summed E-state index contributed by atoms with van der Waals surface area (Å²) in [6.45, 7) is 0.565.